The number of hydrogen-bond acceptors (Lipinski definition) is 1. The van der Waals surface area contributed by atoms with Crippen molar-refractivity contribution >= 4 is 44.0 Å². The Bertz CT molecular complexity index is 1850. The van der Waals surface area contributed by atoms with Crippen LogP contribution in [0.3, 0.4) is 0 Å². The van der Waals surface area contributed by atoms with Crippen LogP contribution in [-0.2, 0) is 0 Å². The Morgan fingerprint density at radius 2 is 1.08 bits per heavy atom. The Hall–Kier alpha value is -4.82. The molecule has 0 aliphatic heterocycles. The Labute approximate surface area is 210 Å². The lowest BCUT2D eigenvalue weighted by molar-refractivity contribution is 1.18. The highest BCUT2D eigenvalue weighted by Crippen LogP contribution is 2.38. The molecular weight excluding hydrogens is 436 g/mol. The molecule has 0 aliphatic rings. The molecule has 1 N–H and O–H groups in total. The average Bonchev–Trinajstić information content (AvgIpc) is 3.28. The lowest BCUT2D eigenvalue weighted by Crippen LogP contribution is -1.93. The summed E-state index contributed by atoms with van der Waals surface area (Å²) in [5.74, 6) is 0. The molecule has 0 radical (unpaired) electrons. The summed E-state index contributed by atoms with van der Waals surface area (Å²) in [4.78, 5) is 0. The molecule has 0 atom stereocenters. The first-order valence-electron chi connectivity index (χ1n) is 12.3. The standard InChI is InChI=1S/C34H24N2/c1-3-11-25(12-4-1)35-32-21-20-27(28-15-7-8-16-29(28)32)24-19-22-34-31(23-24)30-17-9-10-18-33(30)36(34)26-13-5-2-6-14-26/h1-23,35H. The van der Waals surface area contributed by atoms with E-state index in [0.717, 1.165) is 11.4 Å². The van der Waals surface area contributed by atoms with Crippen molar-refractivity contribution in [3.05, 3.63) is 140 Å². The maximum absolute atomic E-state index is 3.60. The molecule has 0 saturated carbocycles. The number of fused-ring (bicyclic) bond motifs is 4. The van der Waals surface area contributed by atoms with Crippen molar-refractivity contribution in [1.82, 2.24) is 4.57 Å². The van der Waals surface area contributed by atoms with Crippen molar-refractivity contribution in [2.45, 2.75) is 0 Å². The lowest BCUT2D eigenvalue weighted by Gasteiger charge is -2.14. The van der Waals surface area contributed by atoms with E-state index in [2.05, 4.69) is 143 Å². The second-order valence-corrected chi connectivity index (χ2v) is 9.12. The Kier molecular flexibility index (Phi) is 4.82. The van der Waals surface area contributed by atoms with E-state index in [1.54, 1.807) is 0 Å². The van der Waals surface area contributed by atoms with E-state index >= 15 is 0 Å². The van der Waals surface area contributed by atoms with Crippen LogP contribution in [-0.4, -0.2) is 4.57 Å². The number of rotatable bonds is 4. The fraction of sp³-hybridized carbons (Fsp3) is 0. The molecule has 2 heteroatoms. The third kappa shape index (κ3) is 3.35. The van der Waals surface area contributed by atoms with Crippen LogP contribution >= 0.6 is 0 Å². The van der Waals surface area contributed by atoms with E-state index in [-0.39, 0.29) is 0 Å². The minimum absolute atomic E-state index is 1.09. The highest BCUT2D eigenvalue weighted by atomic mass is 15.0. The molecule has 6 aromatic carbocycles. The van der Waals surface area contributed by atoms with Gasteiger partial charge < -0.3 is 9.88 Å². The minimum atomic E-state index is 1.09. The molecule has 0 bridgehead atoms. The van der Waals surface area contributed by atoms with Gasteiger partial charge in [-0.05, 0) is 65.0 Å². The van der Waals surface area contributed by atoms with Crippen molar-refractivity contribution in [2.24, 2.45) is 0 Å². The monoisotopic (exact) mass is 460 g/mol. The number of para-hydroxylation sites is 3. The molecule has 7 aromatic rings. The zero-order chi connectivity index (χ0) is 23.9. The third-order valence-corrected chi connectivity index (χ3v) is 6.97. The molecule has 36 heavy (non-hydrogen) atoms. The van der Waals surface area contributed by atoms with Crippen LogP contribution in [0.2, 0.25) is 0 Å². The van der Waals surface area contributed by atoms with Crippen molar-refractivity contribution in [3.8, 4) is 16.8 Å². The van der Waals surface area contributed by atoms with Crippen molar-refractivity contribution in [1.29, 1.82) is 0 Å². The molecule has 0 amide bonds. The third-order valence-electron chi connectivity index (χ3n) is 6.97. The van der Waals surface area contributed by atoms with Gasteiger partial charge in [0.05, 0.1) is 11.0 Å². The number of nitrogens with one attached hydrogen (secondary N) is 1. The highest BCUT2D eigenvalue weighted by molar-refractivity contribution is 6.12. The van der Waals surface area contributed by atoms with Crippen LogP contribution < -0.4 is 5.32 Å². The smallest absolute Gasteiger partial charge is 0.0541 e. The first-order chi connectivity index (χ1) is 17.9. The number of nitrogens with zero attached hydrogens (tertiary/aromatic N) is 1. The fourth-order valence-electron chi connectivity index (χ4n) is 5.33. The van der Waals surface area contributed by atoms with Gasteiger partial charge in [0.2, 0.25) is 0 Å². The molecule has 2 nitrogen and oxygen atoms in total. The van der Waals surface area contributed by atoms with Crippen LogP contribution in [0.15, 0.2) is 140 Å². The summed E-state index contributed by atoms with van der Waals surface area (Å²) in [6, 6.07) is 49.6. The van der Waals surface area contributed by atoms with Crippen LogP contribution in [0.5, 0.6) is 0 Å². The van der Waals surface area contributed by atoms with Crippen molar-refractivity contribution < 1.29 is 0 Å². The molecule has 1 heterocycles. The van der Waals surface area contributed by atoms with Gasteiger partial charge in [-0.15, -0.1) is 0 Å². The molecule has 0 aliphatic carbocycles. The Morgan fingerprint density at radius 1 is 0.444 bits per heavy atom. The summed E-state index contributed by atoms with van der Waals surface area (Å²) in [5.41, 5.74) is 8.29. The Balaban J connectivity index is 1.42. The molecule has 0 fully saturated rings. The molecule has 0 unspecified atom stereocenters. The van der Waals surface area contributed by atoms with Gasteiger partial charge in [-0.25, -0.2) is 0 Å². The van der Waals surface area contributed by atoms with Crippen LogP contribution in [0.1, 0.15) is 0 Å². The lowest BCUT2D eigenvalue weighted by atomic mass is 9.96. The van der Waals surface area contributed by atoms with Gasteiger partial charge in [0.15, 0.2) is 0 Å². The fourth-order valence-corrected chi connectivity index (χ4v) is 5.33. The van der Waals surface area contributed by atoms with Crippen LogP contribution in [0.25, 0.3) is 49.4 Å². The van der Waals surface area contributed by atoms with E-state index < -0.39 is 0 Å². The van der Waals surface area contributed by atoms with E-state index in [4.69, 9.17) is 0 Å². The molecule has 0 saturated heterocycles. The maximum Gasteiger partial charge on any atom is 0.0541 e. The summed E-state index contributed by atoms with van der Waals surface area (Å²) in [6.07, 6.45) is 0. The molecule has 170 valence electrons. The first kappa shape index (κ1) is 20.5. The largest absolute Gasteiger partial charge is 0.355 e. The quantitative estimate of drug-likeness (QED) is 0.277. The van der Waals surface area contributed by atoms with Crippen molar-refractivity contribution in [3.63, 3.8) is 0 Å². The number of aromatic nitrogens is 1. The minimum Gasteiger partial charge on any atom is -0.355 e. The maximum atomic E-state index is 3.60. The van der Waals surface area contributed by atoms with Gasteiger partial charge in [0.25, 0.3) is 0 Å². The molecule has 0 spiro atoms. The highest BCUT2D eigenvalue weighted by Gasteiger charge is 2.14. The summed E-state index contributed by atoms with van der Waals surface area (Å²) < 4.78 is 2.36. The van der Waals surface area contributed by atoms with E-state index in [1.807, 2.05) is 6.07 Å². The van der Waals surface area contributed by atoms with Crippen LogP contribution in [0.4, 0.5) is 11.4 Å². The van der Waals surface area contributed by atoms with E-state index in [0.29, 0.717) is 0 Å². The van der Waals surface area contributed by atoms with Gasteiger partial charge in [-0.1, -0.05) is 91.0 Å². The second-order valence-electron chi connectivity index (χ2n) is 9.12. The summed E-state index contributed by atoms with van der Waals surface area (Å²) in [5, 5.41) is 8.59. The zero-order valence-corrected chi connectivity index (χ0v) is 19.7. The predicted molar refractivity (Wildman–Crippen MR) is 153 cm³/mol. The average molecular weight is 461 g/mol. The number of anilines is 2. The van der Waals surface area contributed by atoms with Crippen LogP contribution in [0, 0.1) is 0 Å². The van der Waals surface area contributed by atoms with Gasteiger partial charge >= 0.3 is 0 Å². The second kappa shape index (κ2) is 8.44. The first-order valence-corrected chi connectivity index (χ1v) is 12.3. The van der Waals surface area contributed by atoms with Gasteiger partial charge in [-0.2, -0.15) is 0 Å². The predicted octanol–water partition coefficient (Wildman–Crippen LogP) is 9.35. The summed E-state index contributed by atoms with van der Waals surface area (Å²) in [7, 11) is 0. The molecular formula is C34H24N2. The number of benzene rings is 6. The van der Waals surface area contributed by atoms with E-state index in [9.17, 15) is 0 Å². The van der Waals surface area contributed by atoms with Gasteiger partial charge in [0.1, 0.15) is 0 Å². The summed E-state index contributed by atoms with van der Waals surface area (Å²) in [6.45, 7) is 0. The molecule has 1 aromatic heterocycles. The van der Waals surface area contributed by atoms with E-state index in [1.165, 1.54) is 49.4 Å². The Morgan fingerprint density at radius 3 is 1.89 bits per heavy atom. The summed E-state index contributed by atoms with van der Waals surface area (Å²) >= 11 is 0. The number of hydrogen-bond donors (Lipinski definition) is 1. The van der Waals surface area contributed by atoms with Gasteiger partial charge in [0, 0.05) is 33.2 Å². The SMILES string of the molecule is c1ccc(Nc2ccc(-c3ccc4c(c3)c3ccccc3n4-c3ccccc3)c3ccccc23)cc1. The van der Waals surface area contributed by atoms with Crippen molar-refractivity contribution in [2.75, 3.05) is 5.32 Å². The zero-order valence-electron chi connectivity index (χ0n) is 19.7. The van der Waals surface area contributed by atoms with Gasteiger partial charge in [-0.3, -0.25) is 0 Å². The molecule has 7 rings (SSSR count). The normalized spacial score (nSPS) is 11.3. The topological polar surface area (TPSA) is 17.0 Å².